The Morgan fingerprint density at radius 1 is 1.17 bits per heavy atom. The fourth-order valence-corrected chi connectivity index (χ4v) is 2.16. The third-order valence-electron chi connectivity index (χ3n) is 2.94. The van der Waals surface area contributed by atoms with Crippen molar-refractivity contribution in [1.82, 2.24) is 0 Å². The van der Waals surface area contributed by atoms with Crippen LogP contribution in [0.1, 0.15) is 17.3 Å². The van der Waals surface area contributed by atoms with Crippen molar-refractivity contribution in [2.45, 2.75) is 6.92 Å². The number of esters is 1. The summed E-state index contributed by atoms with van der Waals surface area (Å²) in [6.07, 6.45) is 0. The quantitative estimate of drug-likeness (QED) is 0.755. The molecule has 7 heteroatoms. The van der Waals surface area contributed by atoms with E-state index >= 15 is 0 Å². The van der Waals surface area contributed by atoms with Gasteiger partial charge in [-0.1, -0.05) is 15.9 Å². The maximum absolute atomic E-state index is 13.6. The molecule has 1 amide bonds. The monoisotopic (exact) mass is 395 g/mol. The molecule has 0 spiro atoms. The van der Waals surface area contributed by atoms with Crippen molar-refractivity contribution in [2.24, 2.45) is 0 Å². The number of hydrogen-bond donors (Lipinski definition) is 1. The summed E-state index contributed by atoms with van der Waals surface area (Å²) in [6.45, 7) is 1.74. The van der Waals surface area contributed by atoms with Crippen LogP contribution in [0.5, 0.6) is 5.75 Å². The van der Waals surface area contributed by atoms with Crippen molar-refractivity contribution in [3.05, 3.63) is 58.3 Å². The average molecular weight is 396 g/mol. The van der Waals surface area contributed by atoms with Gasteiger partial charge >= 0.3 is 5.97 Å². The van der Waals surface area contributed by atoms with Crippen LogP contribution >= 0.6 is 15.9 Å². The van der Waals surface area contributed by atoms with Crippen LogP contribution in [0.3, 0.4) is 0 Å². The first kappa shape index (κ1) is 17.9. The van der Waals surface area contributed by atoms with Crippen LogP contribution in [0.25, 0.3) is 0 Å². The van der Waals surface area contributed by atoms with Crippen LogP contribution in [0.15, 0.2) is 46.9 Å². The summed E-state index contributed by atoms with van der Waals surface area (Å²) >= 11 is 3.14. The van der Waals surface area contributed by atoms with E-state index in [-0.39, 0.29) is 12.3 Å². The smallest absolute Gasteiger partial charge is 0.338 e. The summed E-state index contributed by atoms with van der Waals surface area (Å²) < 4.78 is 24.4. The second kappa shape index (κ2) is 8.44. The lowest BCUT2D eigenvalue weighted by Gasteiger charge is -2.09. The average Bonchev–Trinajstić information content (AvgIpc) is 2.56. The fraction of sp³-hybridized carbons (Fsp3) is 0.176. The zero-order valence-corrected chi connectivity index (χ0v) is 14.4. The molecule has 0 aromatic heterocycles. The Kier molecular flexibility index (Phi) is 6.31. The minimum Gasteiger partial charge on any atom is -0.484 e. The molecule has 0 aliphatic rings. The van der Waals surface area contributed by atoms with E-state index in [9.17, 15) is 14.0 Å². The SMILES string of the molecule is CCOC(=O)c1ccc(OCC(=O)Nc2ccc(Br)cc2F)cc1. The first-order valence-electron chi connectivity index (χ1n) is 7.14. The molecule has 0 aliphatic carbocycles. The molecule has 0 radical (unpaired) electrons. The van der Waals surface area contributed by atoms with Gasteiger partial charge in [0.15, 0.2) is 6.61 Å². The Hall–Kier alpha value is -2.41. The lowest BCUT2D eigenvalue weighted by Crippen LogP contribution is -2.20. The van der Waals surface area contributed by atoms with Gasteiger partial charge in [-0.25, -0.2) is 9.18 Å². The van der Waals surface area contributed by atoms with Gasteiger partial charge in [0.05, 0.1) is 17.9 Å². The molecule has 2 rings (SSSR count). The predicted molar refractivity (Wildman–Crippen MR) is 90.6 cm³/mol. The topological polar surface area (TPSA) is 64.6 Å². The number of carbonyl (C=O) groups is 2. The second-order valence-electron chi connectivity index (χ2n) is 4.71. The van der Waals surface area contributed by atoms with E-state index in [0.29, 0.717) is 22.4 Å². The molecular formula is C17H15BrFNO4. The van der Waals surface area contributed by atoms with Gasteiger partial charge in [-0.2, -0.15) is 0 Å². The molecule has 0 saturated carbocycles. The maximum Gasteiger partial charge on any atom is 0.338 e. The van der Waals surface area contributed by atoms with Crippen LogP contribution in [-0.4, -0.2) is 25.1 Å². The summed E-state index contributed by atoms with van der Waals surface area (Å²) in [4.78, 5) is 23.3. The van der Waals surface area contributed by atoms with Crippen LogP contribution in [-0.2, 0) is 9.53 Å². The van der Waals surface area contributed by atoms with Crippen molar-refractivity contribution in [3.63, 3.8) is 0 Å². The van der Waals surface area contributed by atoms with Crippen LogP contribution < -0.4 is 10.1 Å². The van der Waals surface area contributed by atoms with Crippen molar-refractivity contribution >= 4 is 33.5 Å². The van der Waals surface area contributed by atoms with Gasteiger partial charge in [-0.3, -0.25) is 4.79 Å². The Morgan fingerprint density at radius 3 is 2.50 bits per heavy atom. The first-order chi connectivity index (χ1) is 11.5. The summed E-state index contributed by atoms with van der Waals surface area (Å²) in [5.41, 5.74) is 0.468. The molecule has 0 fully saturated rings. The number of amides is 1. The van der Waals surface area contributed by atoms with Crippen molar-refractivity contribution in [2.75, 3.05) is 18.5 Å². The van der Waals surface area contributed by atoms with Crippen LogP contribution in [0, 0.1) is 5.82 Å². The number of carbonyl (C=O) groups excluding carboxylic acids is 2. The lowest BCUT2D eigenvalue weighted by molar-refractivity contribution is -0.118. The second-order valence-corrected chi connectivity index (χ2v) is 5.62. The zero-order chi connectivity index (χ0) is 17.5. The summed E-state index contributed by atoms with van der Waals surface area (Å²) in [5, 5.41) is 2.42. The molecule has 0 heterocycles. The Morgan fingerprint density at radius 2 is 1.88 bits per heavy atom. The first-order valence-corrected chi connectivity index (χ1v) is 7.93. The Bertz CT molecular complexity index is 734. The van der Waals surface area contributed by atoms with E-state index < -0.39 is 17.7 Å². The number of halogens is 2. The maximum atomic E-state index is 13.6. The van der Waals surface area contributed by atoms with Crippen molar-refractivity contribution in [3.8, 4) is 5.75 Å². The summed E-state index contributed by atoms with van der Waals surface area (Å²) in [7, 11) is 0. The molecule has 0 saturated heterocycles. The Balaban J connectivity index is 1.88. The predicted octanol–water partition coefficient (Wildman–Crippen LogP) is 3.78. The van der Waals surface area contributed by atoms with Gasteiger partial charge < -0.3 is 14.8 Å². The van der Waals surface area contributed by atoms with Gasteiger partial charge in [0, 0.05) is 4.47 Å². The molecule has 24 heavy (non-hydrogen) atoms. The number of nitrogens with one attached hydrogen (secondary N) is 1. The normalized spacial score (nSPS) is 10.1. The third-order valence-corrected chi connectivity index (χ3v) is 3.43. The highest BCUT2D eigenvalue weighted by atomic mass is 79.9. The van der Waals surface area contributed by atoms with Gasteiger partial charge in [0.25, 0.3) is 5.91 Å². The van der Waals surface area contributed by atoms with E-state index in [1.807, 2.05) is 0 Å². The molecule has 2 aromatic rings. The van der Waals surface area contributed by atoms with Gasteiger partial charge in [-0.15, -0.1) is 0 Å². The Labute approximate surface area is 146 Å². The number of benzene rings is 2. The minimum atomic E-state index is -0.545. The highest BCUT2D eigenvalue weighted by Crippen LogP contribution is 2.19. The highest BCUT2D eigenvalue weighted by molar-refractivity contribution is 9.10. The highest BCUT2D eigenvalue weighted by Gasteiger charge is 2.09. The van der Waals surface area contributed by atoms with Crippen molar-refractivity contribution < 1.29 is 23.5 Å². The summed E-state index contributed by atoms with van der Waals surface area (Å²) in [5.74, 6) is -1.05. The molecule has 0 unspecified atom stereocenters. The number of hydrogen-bond acceptors (Lipinski definition) is 4. The van der Waals surface area contributed by atoms with Crippen molar-refractivity contribution in [1.29, 1.82) is 0 Å². The van der Waals surface area contributed by atoms with E-state index in [1.165, 1.54) is 12.1 Å². The van der Waals surface area contributed by atoms with E-state index in [1.54, 1.807) is 37.3 Å². The number of rotatable bonds is 6. The largest absolute Gasteiger partial charge is 0.484 e. The standard InChI is InChI=1S/C17H15BrFNO4/c1-2-23-17(22)11-3-6-13(7-4-11)24-10-16(21)20-15-8-5-12(18)9-14(15)19/h3-9H,2,10H2,1H3,(H,20,21). The van der Waals surface area contributed by atoms with E-state index in [4.69, 9.17) is 9.47 Å². The van der Waals surface area contributed by atoms with Gasteiger partial charge in [-0.05, 0) is 49.4 Å². The molecular weight excluding hydrogens is 381 g/mol. The molecule has 0 bridgehead atoms. The van der Waals surface area contributed by atoms with Crippen LogP contribution in [0.2, 0.25) is 0 Å². The third kappa shape index (κ3) is 5.06. The molecule has 0 atom stereocenters. The molecule has 5 nitrogen and oxygen atoms in total. The van der Waals surface area contributed by atoms with E-state index in [0.717, 1.165) is 0 Å². The molecule has 126 valence electrons. The van der Waals surface area contributed by atoms with E-state index in [2.05, 4.69) is 21.2 Å². The number of ether oxygens (including phenoxy) is 2. The fourth-order valence-electron chi connectivity index (χ4n) is 1.83. The van der Waals surface area contributed by atoms with Gasteiger partial charge in [0.2, 0.25) is 0 Å². The molecule has 2 aromatic carbocycles. The van der Waals surface area contributed by atoms with Crippen LogP contribution in [0.4, 0.5) is 10.1 Å². The zero-order valence-electron chi connectivity index (χ0n) is 12.8. The minimum absolute atomic E-state index is 0.0736. The van der Waals surface area contributed by atoms with Gasteiger partial charge in [0.1, 0.15) is 11.6 Å². The molecule has 1 N–H and O–H groups in total. The molecule has 0 aliphatic heterocycles. The number of anilines is 1. The summed E-state index contributed by atoms with van der Waals surface area (Å²) in [6, 6.07) is 10.5. The lowest BCUT2D eigenvalue weighted by atomic mass is 10.2.